The third-order valence-electron chi connectivity index (χ3n) is 0.423. The Morgan fingerprint density at radius 1 is 1.83 bits per heavy atom. The Bertz CT molecular complexity index is 114. The van der Waals surface area contributed by atoms with Crippen LogP contribution in [0.15, 0.2) is 0 Å². The average molecular weight is 132 g/mol. The fourth-order valence-corrected chi connectivity index (χ4v) is 0.433. The second-order valence-corrected chi connectivity index (χ2v) is 1.74. The van der Waals surface area contributed by atoms with Crippen LogP contribution < -0.4 is 0 Å². The fraction of sp³-hybridized carbons (Fsp3) is 1.00. The Morgan fingerprint density at radius 3 is 3.50 bits per heavy atom. The van der Waals surface area contributed by atoms with Gasteiger partial charge in [-0.25, -0.2) is 0 Å². The molecule has 0 aromatic heterocycles. The summed E-state index contributed by atoms with van der Waals surface area (Å²) >= 11 is 0. The van der Waals surface area contributed by atoms with Gasteiger partial charge in [-0.3, -0.25) is 0 Å². The van der Waals surface area contributed by atoms with Crippen molar-refractivity contribution < 1.29 is 4.43 Å². The van der Waals surface area contributed by atoms with Gasteiger partial charge in [0.1, 0.15) is 10.3 Å². The van der Waals surface area contributed by atoms with E-state index in [-0.39, 0.29) is 12.7 Å². The molecule has 0 N–H and O–H groups in total. The normalized spacial score (nSPS) is 28.0. The molecule has 3 heteroatoms. The Morgan fingerprint density at radius 2 is 2.83 bits per heavy atom. The maximum absolute atomic E-state index is 6.95. The first-order valence-corrected chi connectivity index (χ1v) is 2.96. The van der Waals surface area contributed by atoms with Gasteiger partial charge in [0.05, 0.1) is 0 Å². The van der Waals surface area contributed by atoms with Gasteiger partial charge >= 0.3 is 0 Å². The van der Waals surface area contributed by atoms with Gasteiger partial charge in [-0.15, -0.1) is 0 Å². The molecule has 38 valence electrons. The molecule has 6 heavy (non-hydrogen) atoms. The van der Waals surface area contributed by atoms with Crippen LogP contribution in [0.25, 0.3) is 0 Å². The summed E-state index contributed by atoms with van der Waals surface area (Å²) < 4.78 is 45.8. The molecule has 0 rings (SSSR count). The van der Waals surface area contributed by atoms with E-state index in [0.29, 0.717) is 6.42 Å². The smallest absolute Gasteiger partial charge is 0.145 e. The van der Waals surface area contributed by atoms with Crippen molar-refractivity contribution in [3.63, 3.8) is 0 Å². The number of hydrogen-bond acceptors (Lipinski definition) is 1. The highest BCUT2D eigenvalue weighted by Gasteiger charge is 1.74. The lowest BCUT2D eigenvalue weighted by atomic mass is 10.5. The lowest BCUT2D eigenvalue weighted by molar-refractivity contribution is 0.349. The second kappa shape index (κ2) is 5.39. The van der Waals surface area contributed by atoms with Gasteiger partial charge in [-0.1, -0.05) is 6.04 Å². The summed E-state index contributed by atoms with van der Waals surface area (Å²) in [6.45, 7) is 0.0636. The molecule has 0 spiro atoms. The first-order valence-electron chi connectivity index (χ1n) is 4.85. The number of rotatable bonds is 5. The summed E-state index contributed by atoms with van der Waals surface area (Å²) in [7, 11) is -6.92. The Hall–Kier alpha value is 0.394. The summed E-state index contributed by atoms with van der Waals surface area (Å²) in [6.07, 6.45) is 0.341. The van der Waals surface area contributed by atoms with E-state index in [4.69, 9.17) is 7.41 Å². The van der Waals surface area contributed by atoms with Crippen molar-refractivity contribution in [3.05, 3.63) is 0 Å². The Kier molecular flexibility index (Phi) is 1.29. The van der Waals surface area contributed by atoms with Crippen LogP contribution in [0.4, 0.5) is 0 Å². The van der Waals surface area contributed by atoms with Gasteiger partial charge in [-0.2, -0.15) is 0 Å². The predicted octanol–water partition coefficient (Wildman–Crippen LogP) is -1.54. The van der Waals surface area contributed by atoms with Crippen LogP contribution in [0.2, 0.25) is 6.04 Å². The zero-order valence-electron chi connectivity index (χ0n) is 9.53. The van der Waals surface area contributed by atoms with Gasteiger partial charge < -0.3 is 4.43 Å². The number of hydrogen-bond donors (Lipinski definition) is 0. The molecule has 0 atom stereocenters. The molecule has 0 radical (unpaired) electrons. The van der Waals surface area contributed by atoms with Crippen molar-refractivity contribution in [2.45, 2.75) is 12.5 Å². The highest BCUT2D eigenvalue weighted by Crippen LogP contribution is 1.80. The van der Waals surface area contributed by atoms with Crippen LogP contribution in [-0.2, 0) is 4.43 Å². The molecular weight excluding hydrogens is 108 g/mol. The molecular formula is C3H12OSi2. The van der Waals surface area contributed by atoms with Gasteiger partial charge in [0, 0.05) is 24.1 Å². The van der Waals surface area contributed by atoms with E-state index in [9.17, 15) is 0 Å². The quantitative estimate of drug-likeness (QED) is 0.325. The van der Waals surface area contributed by atoms with Crippen LogP contribution in [0.1, 0.15) is 6.42 Å². The molecule has 0 saturated carbocycles. The average Bonchev–Trinajstić information content (AvgIpc) is 1.76. The highest BCUT2D eigenvalue weighted by molar-refractivity contribution is 6.08. The molecule has 0 aromatic rings. The minimum Gasteiger partial charge on any atom is -0.428 e. The van der Waals surface area contributed by atoms with Crippen LogP contribution in [0, 0.1) is 0 Å². The van der Waals surface area contributed by atoms with E-state index in [1.54, 1.807) is 0 Å². The zero-order chi connectivity index (χ0) is 9.83. The highest BCUT2D eigenvalue weighted by atomic mass is 28.2. The summed E-state index contributed by atoms with van der Waals surface area (Å²) in [6, 6.07) is 0.150. The molecule has 0 fully saturated rings. The SMILES string of the molecule is [3H][Si]([3H])([3H])CCCO[Si]([3H])([3H])[3H]. The predicted molar refractivity (Wildman–Crippen MR) is 35.3 cm³/mol. The minimum absolute atomic E-state index is 0.0636. The van der Waals surface area contributed by atoms with Crippen LogP contribution in [0.3, 0.4) is 0 Å². The topological polar surface area (TPSA) is 9.23 Å². The van der Waals surface area contributed by atoms with Gasteiger partial charge in [0.15, 0.2) is 0 Å². The molecule has 0 aliphatic carbocycles. The molecule has 0 heterocycles. The lowest BCUT2D eigenvalue weighted by Gasteiger charge is -1.90. The maximum Gasteiger partial charge on any atom is 0.145 e. The van der Waals surface area contributed by atoms with Gasteiger partial charge in [-0.05, 0) is 6.42 Å². The molecule has 1 nitrogen and oxygen atoms in total. The third kappa shape index (κ3) is 4.39. The van der Waals surface area contributed by atoms with Crippen molar-refractivity contribution in [3.8, 4) is 0 Å². The van der Waals surface area contributed by atoms with Crippen molar-refractivity contribution in [1.29, 1.82) is 7.41 Å². The van der Waals surface area contributed by atoms with E-state index in [1.165, 1.54) is 0 Å². The van der Waals surface area contributed by atoms with E-state index < -0.39 is 20.3 Å². The molecule has 0 aliphatic heterocycles. The van der Waals surface area contributed by atoms with Gasteiger partial charge in [0.2, 0.25) is 0 Å². The minimum atomic E-state index is -3.67. The Balaban J connectivity index is 3.35. The summed E-state index contributed by atoms with van der Waals surface area (Å²) in [5, 5.41) is 0. The van der Waals surface area contributed by atoms with Gasteiger partial charge in [0.25, 0.3) is 0 Å². The lowest BCUT2D eigenvalue weighted by Crippen LogP contribution is -1.86. The van der Waals surface area contributed by atoms with Crippen LogP contribution in [-0.4, -0.2) is 34.3 Å². The molecule has 0 aromatic carbocycles. The van der Waals surface area contributed by atoms with Crippen molar-refractivity contribution in [2.75, 3.05) is 6.61 Å². The Labute approximate surface area is 52.4 Å². The summed E-state index contributed by atoms with van der Waals surface area (Å²) in [5.41, 5.74) is 0. The van der Waals surface area contributed by atoms with Crippen molar-refractivity contribution in [1.82, 2.24) is 0 Å². The monoisotopic (exact) mass is 132 g/mol. The largest absolute Gasteiger partial charge is 0.428 e. The first kappa shape index (κ1) is 1.43. The van der Waals surface area contributed by atoms with Crippen molar-refractivity contribution in [2.24, 2.45) is 0 Å². The van der Waals surface area contributed by atoms with E-state index >= 15 is 0 Å². The standard InChI is InChI=1S/C3H12OSi2/c5-3-1-2-4-6/h1-3H2,5-6H3/i5T3,6T3. The van der Waals surface area contributed by atoms with Crippen LogP contribution >= 0.6 is 0 Å². The first-order chi connectivity index (χ1) is 5.21. The zero-order valence-corrected chi connectivity index (χ0v) is 5.53. The third-order valence-corrected chi connectivity index (χ3v) is 0.981. The summed E-state index contributed by atoms with van der Waals surface area (Å²) in [4.78, 5) is 0. The van der Waals surface area contributed by atoms with E-state index in [2.05, 4.69) is 4.43 Å². The maximum atomic E-state index is 6.95. The molecule has 0 bridgehead atoms. The molecule has 0 saturated heterocycles. The van der Waals surface area contributed by atoms with Crippen LogP contribution in [0.5, 0.6) is 0 Å². The molecule has 0 aliphatic rings. The summed E-state index contributed by atoms with van der Waals surface area (Å²) in [5.74, 6) is 0. The fourth-order valence-electron chi connectivity index (χ4n) is 0.144. The second-order valence-electron chi connectivity index (χ2n) is 0.952. The van der Waals surface area contributed by atoms with E-state index in [1.807, 2.05) is 0 Å². The van der Waals surface area contributed by atoms with E-state index in [0.717, 1.165) is 0 Å². The molecule has 0 unspecified atom stereocenters. The van der Waals surface area contributed by atoms with Crippen molar-refractivity contribution >= 4 is 20.3 Å². The molecule has 0 amide bonds.